The number of ether oxygens (including phenoxy) is 2. The molecule has 7 aliphatic rings. The molecule has 6 fully saturated rings. The molecule has 6 amide bonds. The van der Waals surface area contributed by atoms with Gasteiger partial charge < -0.3 is 30.3 Å². The number of carbonyl (C=O) groups is 6. The minimum atomic E-state index is -1.09. The van der Waals surface area contributed by atoms with E-state index in [1.165, 1.54) is 18.2 Å². The number of aromatic nitrogens is 3. The first-order chi connectivity index (χ1) is 37.2. The number of halogens is 2. The predicted octanol–water partition coefficient (Wildman–Crippen LogP) is 6.30. The van der Waals surface area contributed by atoms with E-state index in [9.17, 15) is 28.8 Å². The number of carbonyl (C=O) groups excluding carboxylic acids is 6. The van der Waals surface area contributed by atoms with Gasteiger partial charge in [-0.15, -0.1) is 6.42 Å². The zero-order valence-electron chi connectivity index (χ0n) is 42.2. The fourth-order valence-corrected chi connectivity index (χ4v) is 13.0. The number of anilines is 2. The molecule has 1 unspecified atom stereocenters. The van der Waals surface area contributed by atoms with E-state index >= 15 is 8.78 Å². The number of amides is 6. The summed E-state index contributed by atoms with van der Waals surface area (Å²) in [5.41, 5.74) is 1.44. The summed E-state index contributed by atoms with van der Waals surface area (Å²) in [6, 6.07) is 11.8. The van der Waals surface area contributed by atoms with E-state index in [0.717, 1.165) is 36.2 Å². The quantitative estimate of drug-likeness (QED) is 0.0613. The maximum atomic E-state index is 17.2. The number of pyridine rings is 1. The van der Waals surface area contributed by atoms with Crippen molar-refractivity contribution >= 4 is 68.8 Å². The number of piperidine rings is 1. The number of rotatable bonds is 12. The number of benzene rings is 3. The summed E-state index contributed by atoms with van der Waals surface area (Å²) in [7, 11) is 0. The second-order valence-electron chi connectivity index (χ2n) is 21.7. The zero-order chi connectivity index (χ0) is 53.3. The molecular formula is C57H56F2N10O8. The monoisotopic (exact) mass is 1050 g/mol. The molecule has 77 heavy (non-hydrogen) atoms. The van der Waals surface area contributed by atoms with E-state index in [2.05, 4.69) is 48.6 Å². The van der Waals surface area contributed by atoms with Crippen LogP contribution in [0.15, 0.2) is 66.9 Å². The van der Waals surface area contributed by atoms with E-state index in [4.69, 9.17) is 25.9 Å². The molecule has 0 radical (unpaired) electrons. The van der Waals surface area contributed by atoms with Gasteiger partial charge in [-0.3, -0.25) is 44.1 Å². The summed E-state index contributed by atoms with van der Waals surface area (Å²) >= 11 is 0. The summed E-state index contributed by atoms with van der Waals surface area (Å²) < 4.78 is 44.7. The van der Waals surface area contributed by atoms with Crippen molar-refractivity contribution in [2.24, 2.45) is 5.92 Å². The normalized spacial score (nSPS) is 26.0. The van der Waals surface area contributed by atoms with Crippen LogP contribution in [0.5, 0.6) is 6.01 Å². The van der Waals surface area contributed by atoms with Crippen molar-refractivity contribution in [1.82, 2.24) is 40.7 Å². The van der Waals surface area contributed by atoms with Gasteiger partial charge in [-0.2, -0.15) is 9.97 Å². The molecule has 12 rings (SSSR count). The highest BCUT2D eigenvalue weighted by Crippen LogP contribution is 2.45. The standard InChI is InChI=1S/C57H56F2N10O8/c1-3-38-43(58)16-9-32-5-4-6-40(47(32)38)49-48(59)50-42(24-60-49)51(67-26-35-12-13-36(27-67)61-35)66-55(65-50)77-29-57-20-19-37(68(57)25-30(2)23-57)28-76-56(75)63-33-10-7-31(8-11-33)21-46(71)62-34-14-15-39-41(22-34)54(74)69(53(39)73)44-17-18-45(70)64-52(44)72/h1,4-6,9,14-16,22,24,31,33,35-37,44,61H,2,7-8,10-13,17-21,23,25-29H2,(H,62,71)(H,63,75)(H,64,70,72)/t31?,33?,35-,36+,37-,44?,57-/m0/s1. The number of terminal acetylenes is 1. The topological polar surface area (TPSA) is 217 Å². The highest BCUT2D eigenvalue weighted by Gasteiger charge is 2.52. The van der Waals surface area contributed by atoms with E-state index in [1.54, 1.807) is 36.5 Å². The number of alkyl carbamates (subject to hydrolysis) is 1. The highest BCUT2D eigenvalue weighted by atomic mass is 19.1. The van der Waals surface area contributed by atoms with Crippen molar-refractivity contribution in [3.8, 4) is 29.6 Å². The Bertz CT molecular complexity index is 3380. The lowest BCUT2D eigenvalue weighted by Crippen LogP contribution is -2.54. The largest absolute Gasteiger partial charge is 0.461 e. The predicted molar refractivity (Wildman–Crippen MR) is 279 cm³/mol. The molecule has 396 valence electrons. The van der Waals surface area contributed by atoms with Crippen LogP contribution in [0.25, 0.3) is 32.9 Å². The average Bonchev–Trinajstić information content (AvgIpc) is 4.13. The molecule has 1 saturated carbocycles. The Balaban J connectivity index is 0.667. The molecule has 8 heterocycles. The van der Waals surface area contributed by atoms with Crippen LogP contribution in [0.4, 0.5) is 25.1 Å². The fourth-order valence-electron chi connectivity index (χ4n) is 13.0. The number of nitrogens with one attached hydrogen (secondary N) is 4. The summed E-state index contributed by atoms with van der Waals surface area (Å²) in [6.07, 6.45) is 14.0. The number of piperazine rings is 1. The molecule has 20 heteroatoms. The van der Waals surface area contributed by atoms with Crippen LogP contribution in [-0.4, -0.2) is 129 Å². The number of hydrogen-bond acceptors (Lipinski definition) is 14. The molecule has 18 nitrogen and oxygen atoms in total. The van der Waals surface area contributed by atoms with Gasteiger partial charge in [0.1, 0.15) is 42.1 Å². The van der Waals surface area contributed by atoms with E-state index in [0.29, 0.717) is 85.0 Å². The van der Waals surface area contributed by atoms with Gasteiger partial charge in [0.05, 0.1) is 27.6 Å². The smallest absolute Gasteiger partial charge is 0.407 e. The Kier molecular flexibility index (Phi) is 12.9. The third kappa shape index (κ3) is 9.28. The SMILES string of the molecule is C#Cc1c(F)ccc2cccc(-c3ncc4c(N5C[C@H]6CC[C@@H](C5)N6)nc(OC[C@@]56CC[C@@H](COC(=O)NC7CCC(CC(=O)Nc8ccc9c(c8)C(=O)N(C8CCC(=O)NC8=O)C9=O)CC7)N5CC(=C)C6)nc4c3F)c12. The van der Waals surface area contributed by atoms with Crippen LogP contribution in [0.2, 0.25) is 0 Å². The van der Waals surface area contributed by atoms with E-state index < -0.39 is 52.9 Å². The molecule has 3 aromatic carbocycles. The molecule has 5 aromatic rings. The van der Waals surface area contributed by atoms with Crippen molar-refractivity contribution in [2.45, 2.75) is 113 Å². The Morgan fingerprint density at radius 3 is 2.49 bits per heavy atom. The summed E-state index contributed by atoms with van der Waals surface area (Å²) in [4.78, 5) is 96.5. The Labute approximate surface area is 441 Å². The first-order valence-corrected chi connectivity index (χ1v) is 26.4. The van der Waals surface area contributed by atoms with Crippen molar-refractivity contribution < 1.29 is 47.0 Å². The summed E-state index contributed by atoms with van der Waals surface area (Å²) in [5, 5.41) is 13.2. The maximum absolute atomic E-state index is 17.2. The van der Waals surface area contributed by atoms with E-state index in [1.807, 2.05) is 0 Å². The maximum Gasteiger partial charge on any atom is 0.407 e. The van der Waals surface area contributed by atoms with Gasteiger partial charge in [-0.05, 0) is 99.8 Å². The minimum Gasteiger partial charge on any atom is -0.461 e. The number of nitrogens with zero attached hydrogens (tertiary/aromatic N) is 6. The Morgan fingerprint density at radius 1 is 0.922 bits per heavy atom. The molecule has 0 spiro atoms. The van der Waals surface area contributed by atoms with Crippen LogP contribution in [-0.2, 0) is 19.1 Å². The summed E-state index contributed by atoms with van der Waals surface area (Å²) in [6.45, 7) is 6.58. The second kappa shape index (κ2) is 19.9. The van der Waals surface area contributed by atoms with Crippen LogP contribution >= 0.6 is 0 Å². The fraction of sp³-hybridized carbons (Fsp3) is 0.421. The molecule has 6 aliphatic heterocycles. The minimum absolute atomic E-state index is 0.0132. The van der Waals surface area contributed by atoms with Crippen LogP contribution in [0.3, 0.4) is 0 Å². The lowest BCUT2D eigenvalue weighted by molar-refractivity contribution is -0.136. The highest BCUT2D eigenvalue weighted by molar-refractivity contribution is 6.24. The molecule has 5 atom stereocenters. The lowest BCUT2D eigenvalue weighted by Gasteiger charge is -2.35. The average molecular weight is 1050 g/mol. The van der Waals surface area contributed by atoms with Gasteiger partial charge in [0.25, 0.3) is 11.8 Å². The Hall–Kier alpha value is -7.89. The number of imide groups is 2. The van der Waals surface area contributed by atoms with E-state index in [-0.39, 0.29) is 102 Å². The van der Waals surface area contributed by atoms with Gasteiger partial charge >= 0.3 is 12.1 Å². The van der Waals surface area contributed by atoms with Gasteiger partial charge in [0.15, 0.2) is 5.82 Å². The first kappa shape index (κ1) is 50.0. The third-order valence-corrected chi connectivity index (χ3v) is 16.8. The van der Waals surface area contributed by atoms with Crippen molar-refractivity contribution in [1.29, 1.82) is 0 Å². The van der Waals surface area contributed by atoms with Crippen molar-refractivity contribution in [2.75, 3.05) is 43.1 Å². The van der Waals surface area contributed by atoms with Gasteiger partial charge in [-0.1, -0.05) is 42.3 Å². The van der Waals surface area contributed by atoms with Crippen molar-refractivity contribution in [3.63, 3.8) is 0 Å². The molecule has 2 bridgehead atoms. The molecular weight excluding hydrogens is 991 g/mol. The molecule has 1 aliphatic carbocycles. The first-order valence-electron chi connectivity index (χ1n) is 26.4. The lowest BCUT2D eigenvalue weighted by atomic mass is 9.84. The second-order valence-corrected chi connectivity index (χ2v) is 21.7. The zero-order valence-corrected chi connectivity index (χ0v) is 42.2. The molecule has 4 N–H and O–H groups in total. The van der Waals surface area contributed by atoms with Gasteiger partial charge in [-0.25, -0.2) is 13.6 Å². The third-order valence-electron chi connectivity index (χ3n) is 16.8. The number of hydrogen-bond donors (Lipinski definition) is 4. The van der Waals surface area contributed by atoms with Crippen LogP contribution in [0.1, 0.15) is 103 Å². The Morgan fingerprint density at radius 2 is 1.71 bits per heavy atom. The van der Waals surface area contributed by atoms with Crippen LogP contribution < -0.4 is 30.9 Å². The molecule has 2 aromatic heterocycles. The van der Waals surface area contributed by atoms with Crippen LogP contribution in [0, 0.1) is 29.9 Å². The molecule has 5 saturated heterocycles. The van der Waals surface area contributed by atoms with Gasteiger partial charge in [0.2, 0.25) is 17.7 Å². The number of fused-ring (bicyclic) bond motifs is 6. The summed E-state index contributed by atoms with van der Waals surface area (Å²) in [5.74, 6) is -0.943. The van der Waals surface area contributed by atoms with Gasteiger partial charge in [0, 0.05) is 79.5 Å². The van der Waals surface area contributed by atoms with Crippen molar-refractivity contribution in [3.05, 3.63) is 95.2 Å².